The highest BCUT2D eigenvalue weighted by atomic mass is 35.5. The van der Waals surface area contributed by atoms with Crippen molar-refractivity contribution in [2.75, 3.05) is 7.11 Å². The minimum atomic E-state index is -3.04. The lowest BCUT2D eigenvalue weighted by Crippen LogP contribution is -2.18. The van der Waals surface area contributed by atoms with E-state index in [1.54, 1.807) is 6.92 Å². The van der Waals surface area contributed by atoms with Crippen LogP contribution in [0.5, 0.6) is 11.5 Å². The van der Waals surface area contributed by atoms with Crippen LogP contribution in [0.15, 0.2) is 30.6 Å². The Hall–Kier alpha value is -1.96. The molecule has 1 aromatic carbocycles. The maximum Gasteiger partial charge on any atom is 0.387 e. The van der Waals surface area contributed by atoms with Gasteiger partial charge in [-0.05, 0) is 18.2 Å². The van der Waals surface area contributed by atoms with Crippen LogP contribution in [-0.4, -0.2) is 30.8 Å². The molecule has 0 amide bonds. The molecule has 0 aliphatic carbocycles. The summed E-state index contributed by atoms with van der Waals surface area (Å²) in [7, 11) is 1.42. The van der Waals surface area contributed by atoms with Crippen LogP contribution in [0.25, 0.3) is 0 Å². The summed E-state index contributed by atoms with van der Waals surface area (Å²) in [6.07, 6.45) is 2.46. The molecule has 0 bridgehead atoms. The molecule has 1 unspecified atom stereocenters. The van der Waals surface area contributed by atoms with E-state index in [1.807, 2.05) is 0 Å². The Morgan fingerprint density at radius 1 is 1.15 bits per heavy atom. The number of benzene rings is 1. The standard InChI is InChI=1S/C18H17Cl2F2NO4/c1-3-17(25-2)26-16-6-10(4-5-15(16)27-18(21)22)14(24)7-11-12(19)8-23-9-13(11)20/h4-6,8-9,17-18H,3,7H2,1-2H3. The second-order valence-corrected chi connectivity index (χ2v) is 6.23. The molecular weight excluding hydrogens is 403 g/mol. The van der Waals surface area contributed by atoms with Gasteiger partial charge in [0.1, 0.15) is 0 Å². The number of pyridine rings is 1. The molecule has 0 N–H and O–H groups in total. The normalized spacial score (nSPS) is 12.1. The van der Waals surface area contributed by atoms with Crippen molar-refractivity contribution in [2.45, 2.75) is 32.7 Å². The summed E-state index contributed by atoms with van der Waals surface area (Å²) in [6.45, 7) is -1.24. The summed E-state index contributed by atoms with van der Waals surface area (Å²) < 4.78 is 40.3. The summed E-state index contributed by atoms with van der Waals surface area (Å²) in [5.41, 5.74) is 0.651. The Labute approximate surface area is 165 Å². The molecule has 146 valence electrons. The van der Waals surface area contributed by atoms with Crippen LogP contribution in [0.4, 0.5) is 8.78 Å². The zero-order valence-electron chi connectivity index (χ0n) is 14.5. The molecular formula is C18H17Cl2F2NO4. The number of alkyl halides is 2. The van der Waals surface area contributed by atoms with E-state index in [-0.39, 0.29) is 39.3 Å². The highest BCUT2D eigenvalue weighted by molar-refractivity contribution is 6.36. The molecule has 0 spiro atoms. The zero-order chi connectivity index (χ0) is 20.0. The highest BCUT2D eigenvalue weighted by Crippen LogP contribution is 2.32. The third-order valence-corrected chi connectivity index (χ3v) is 4.28. The van der Waals surface area contributed by atoms with E-state index < -0.39 is 12.9 Å². The summed E-state index contributed by atoms with van der Waals surface area (Å²) in [4.78, 5) is 16.4. The number of hydrogen-bond donors (Lipinski definition) is 0. The third kappa shape index (κ3) is 5.76. The highest BCUT2D eigenvalue weighted by Gasteiger charge is 2.19. The quantitative estimate of drug-likeness (QED) is 0.414. The van der Waals surface area contributed by atoms with E-state index in [0.717, 1.165) is 0 Å². The smallest absolute Gasteiger partial charge is 0.387 e. The second-order valence-electron chi connectivity index (χ2n) is 5.41. The number of ketones is 1. The van der Waals surface area contributed by atoms with Crippen LogP contribution in [0.3, 0.4) is 0 Å². The van der Waals surface area contributed by atoms with Gasteiger partial charge < -0.3 is 14.2 Å². The lowest BCUT2D eigenvalue weighted by Gasteiger charge is -2.19. The average Bonchev–Trinajstić information content (AvgIpc) is 2.63. The van der Waals surface area contributed by atoms with E-state index in [0.29, 0.717) is 12.0 Å². The molecule has 0 aliphatic heterocycles. The first kappa shape index (κ1) is 21.3. The average molecular weight is 420 g/mol. The van der Waals surface area contributed by atoms with Gasteiger partial charge in [-0.3, -0.25) is 9.78 Å². The van der Waals surface area contributed by atoms with E-state index in [1.165, 1.54) is 37.7 Å². The number of rotatable bonds is 9. The van der Waals surface area contributed by atoms with Gasteiger partial charge in [0.25, 0.3) is 0 Å². The minimum absolute atomic E-state index is 0.0261. The van der Waals surface area contributed by atoms with Crippen LogP contribution in [0, 0.1) is 0 Å². The first-order chi connectivity index (χ1) is 12.8. The summed E-state index contributed by atoms with van der Waals surface area (Å²) in [5.74, 6) is -0.553. The van der Waals surface area contributed by atoms with Crippen molar-refractivity contribution in [3.05, 3.63) is 51.8 Å². The molecule has 0 fully saturated rings. The number of halogens is 4. The summed E-state index contributed by atoms with van der Waals surface area (Å²) in [6, 6.07) is 3.93. The van der Waals surface area contributed by atoms with Crippen LogP contribution in [0.1, 0.15) is 29.3 Å². The Kier molecular flexibility index (Phi) is 7.77. The maximum atomic E-state index is 12.6. The molecule has 0 saturated heterocycles. The number of Topliss-reactive ketones (excluding diaryl/α,β-unsaturated/α-hetero) is 1. The lowest BCUT2D eigenvalue weighted by atomic mass is 10.0. The molecule has 1 aromatic heterocycles. The largest absolute Gasteiger partial charge is 0.461 e. The van der Waals surface area contributed by atoms with Crippen molar-refractivity contribution in [1.82, 2.24) is 4.98 Å². The first-order valence-electron chi connectivity index (χ1n) is 7.95. The van der Waals surface area contributed by atoms with Crippen molar-refractivity contribution >= 4 is 29.0 Å². The molecule has 9 heteroatoms. The van der Waals surface area contributed by atoms with Gasteiger partial charge >= 0.3 is 6.61 Å². The second kappa shape index (κ2) is 9.82. The fourth-order valence-electron chi connectivity index (χ4n) is 2.28. The van der Waals surface area contributed by atoms with Gasteiger partial charge in [0.05, 0.1) is 10.0 Å². The minimum Gasteiger partial charge on any atom is -0.461 e. The Morgan fingerprint density at radius 3 is 2.37 bits per heavy atom. The van der Waals surface area contributed by atoms with Gasteiger partial charge in [0.2, 0.25) is 0 Å². The zero-order valence-corrected chi connectivity index (χ0v) is 16.1. The fraction of sp³-hybridized carbons (Fsp3) is 0.333. The molecule has 27 heavy (non-hydrogen) atoms. The van der Waals surface area contributed by atoms with Crippen LogP contribution < -0.4 is 9.47 Å². The number of methoxy groups -OCH3 is 1. The van der Waals surface area contributed by atoms with Gasteiger partial charge in [-0.25, -0.2) is 0 Å². The number of carbonyl (C=O) groups excluding carboxylic acids is 1. The predicted octanol–water partition coefficient (Wildman–Crippen LogP) is 5.18. The Bertz CT molecular complexity index is 781. The third-order valence-electron chi connectivity index (χ3n) is 3.63. The number of hydrogen-bond acceptors (Lipinski definition) is 5. The number of carbonyl (C=O) groups is 1. The molecule has 1 atom stereocenters. The van der Waals surface area contributed by atoms with Crippen molar-refractivity contribution in [3.8, 4) is 11.5 Å². The lowest BCUT2D eigenvalue weighted by molar-refractivity contribution is -0.0702. The molecule has 2 aromatic rings. The van der Waals surface area contributed by atoms with Crippen molar-refractivity contribution < 1.29 is 27.8 Å². The van der Waals surface area contributed by atoms with E-state index in [2.05, 4.69) is 9.72 Å². The first-order valence-corrected chi connectivity index (χ1v) is 8.70. The predicted molar refractivity (Wildman–Crippen MR) is 97.1 cm³/mol. The van der Waals surface area contributed by atoms with Crippen molar-refractivity contribution in [1.29, 1.82) is 0 Å². The van der Waals surface area contributed by atoms with Crippen molar-refractivity contribution in [2.24, 2.45) is 0 Å². The van der Waals surface area contributed by atoms with Gasteiger partial charge in [-0.1, -0.05) is 30.1 Å². The number of ether oxygens (including phenoxy) is 3. The molecule has 5 nitrogen and oxygen atoms in total. The van der Waals surface area contributed by atoms with Crippen molar-refractivity contribution in [3.63, 3.8) is 0 Å². The number of aromatic nitrogens is 1. The molecule has 2 rings (SSSR count). The molecule has 1 heterocycles. The fourth-order valence-corrected chi connectivity index (χ4v) is 2.77. The summed E-state index contributed by atoms with van der Waals surface area (Å²) in [5, 5.41) is 0.519. The Morgan fingerprint density at radius 2 is 1.81 bits per heavy atom. The van der Waals surface area contributed by atoms with E-state index in [9.17, 15) is 13.6 Å². The van der Waals surface area contributed by atoms with Crippen LogP contribution in [-0.2, 0) is 11.2 Å². The molecule has 0 radical (unpaired) electrons. The maximum absolute atomic E-state index is 12.6. The summed E-state index contributed by atoms with van der Waals surface area (Å²) >= 11 is 12.1. The molecule has 0 aliphatic rings. The van der Waals surface area contributed by atoms with E-state index in [4.69, 9.17) is 32.7 Å². The molecule has 0 saturated carbocycles. The van der Waals surface area contributed by atoms with Gasteiger partial charge in [0, 0.05) is 43.5 Å². The van der Waals surface area contributed by atoms with Crippen LogP contribution in [0.2, 0.25) is 10.0 Å². The Balaban J connectivity index is 2.32. The number of nitrogens with zero attached hydrogens (tertiary/aromatic N) is 1. The van der Waals surface area contributed by atoms with Gasteiger partial charge in [-0.2, -0.15) is 8.78 Å². The van der Waals surface area contributed by atoms with Gasteiger partial charge in [-0.15, -0.1) is 0 Å². The van der Waals surface area contributed by atoms with E-state index >= 15 is 0 Å². The van der Waals surface area contributed by atoms with Crippen LogP contribution >= 0.6 is 23.2 Å². The van der Waals surface area contributed by atoms with Gasteiger partial charge in [0.15, 0.2) is 23.6 Å². The monoisotopic (exact) mass is 419 g/mol. The topological polar surface area (TPSA) is 57.7 Å². The SMILES string of the molecule is CCC(OC)Oc1cc(C(=O)Cc2c(Cl)cncc2Cl)ccc1OC(F)F.